The Kier molecular flexibility index (Phi) is 3.07. The van der Waals surface area contributed by atoms with Crippen molar-refractivity contribution < 1.29 is 9.59 Å². The molecule has 4 nitrogen and oxygen atoms in total. The van der Waals surface area contributed by atoms with Crippen molar-refractivity contribution in [3.05, 3.63) is 34.9 Å². The Balaban J connectivity index is 2.37. The molecule has 1 aliphatic rings. The molecule has 0 N–H and O–H groups in total. The summed E-state index contributed by atoms with van der Waals surface area (Å²) in [6, 6.07) is 7.17. The zero-order chi connectivity index (χ0) is 12.6. The highest BCUT2D eigenvalue weighted by Crippen LogP contribution is 2.29. The topological polar surface area (TPSA) is 40.6 Å². The van der Waals surface area contributed by atoms with Gasteiger partial charge >= 0.3 is 0 Å². The first kappa shape index (κ1) is 11.9. The summed E-state index contributed by atoms with van der Waals surface area (Å²) in [5.74, 6) is -0.164. The number of benzene rings is 1. The van der Waals surface area contributed by atoms with Gasteiger partial charge in [-0.3, -0.25) is 9.59 Å². The van der Waals surface area contributed by atoms with Gasteiger partial charge in [-0.15, -0.1) is 0 Å². The Labute approximate surface area is 105 Å². The van der Waals surface area contributed by atoms with E-state index in [1.807, 2.05) is 12.1 Å². The van der Waals surface area contributed by atoms with E-state index < -0.39 is 0 Å². The van der Waals surface area contributed by atoms with Crippen LogP contribution < -0.4 is 0 Å². The number of halogens is 1. The van der Waals surface area contributed by atoms with Crippen LogP contribution >= 0.6 is 11.6 Å². The van der Waals surface area contributed by atoms with Gasteiger partial charge in [0.1, 0.15) is 12.7 Å². The van der Waals surface area contributed by atoms with Gasteiger partial charge in [-0.2, -0.15) is 0 Å². The lowest BCUT2D eigenvalue weighted by Crippen LogP contribution is -2.32. The zero-order valence-corrected chi connectivity index (χ0v) is 10.4. The maximum atomic E-state index is 11.6. The van der Waals surface area contributed by atoms with Gasteiger partial charge in [0.15, 0.2) is 0 Å². The van der Waals surface area contributed by atoms with E-state index in [-0.39, 0.29) is 24.5 Å². The van der Waals surface area contributed by atoms with Gasteiger partial charge in [0.05, 0.1) is 0 Å². The van der Waals surface area contributed by atoms with Crippen LogP contribution in [0.25, 0.3) is 0 Å². The smallest absolute Gasteiger partial charge is 0.243 e. The molecule has 0 saturated carbocycles. The Morgan fingerprint density at radius 1 is 1.35 bits per heavy atom. The summed E-state index contributed by atoms with van der Waals surface area (Å²) in [5, 5.41) is 0.634. The molecule has 0 radical (unpaired) electrons. The highest BCUT2D eigenvalue weighted by molar-refractivity contribution is 6.30. The normalized spacial score (nSPS) is 19.9. The van der Waals surface area contributed by atoms with Gasteiger partial charge in [0.25, 0.3) is 0 Å². The minimum atomic E-state index is -0.322. The van der Waals surface area contributed by atoms with Crippen LogP contribution in [0.3, 0.4) is 0 Å². The third kappa shape index (κ3) is 2.13. The van der Waals surface area contributed by atoms with E-state index in [1.54, 1.807) is 29.0 Å². The number of hydrogen-bond donors (Lipinski definition) is 0. The molecular weight excluding hydrogens is 240 g/mol. The molecule has 1 heterocycles. The van der Waals surface area contributed by atoms with Crippen LogP contribution in [0.4, 0.5) is 0 Å². The summed E-state index contributed by atoms with van der Waals surface area (Å²) < 4.78 is 0. The minimum Gasteiger partial charge on any atom is -0.320 e. The van der Waals surface area contributed by atoms with Crippen LogP contribution in [0.1, 0.15) is 18.7 Å². The number of rotatable bonds is 1. The number of carbonyl (C=O) groups is 2. The lowest BCUT2D eigenvalue weighted by molar-refractivity contribution is -0.131. The van der Waals surface area contributed by atoms with Crippen molar-refractivity contribution in [2.45, 2.75) is 13.1 Å². The van der Waals surface area contributed by atoms with Crippen LogP contribution in [-0.4, -0.2) is 35.2 Å². The van der Waals surface area contributed by atoms with Gasteiger partial charge < -0.3 is 9.80 Å². The molecule has 2 amide bonds. The summed E-state index contributed by atoms with van der Waals surface area (Å²) in [6.07, 6.45) is -0.322. The summed E-state index contributed by atoms with van der Waals surface area (Å²) in [4.78, 5) is 26.3. The highest BCUT2D eigenvalue weighted by atomic mass is 35.5. The number of likely N-dealkylation sites (N-methyl/N-ethyl adjacent to an activating group) is 1. The average Bonchev–Trinajstić information content (AvgIpc) is 2.57. The maximum absolute atomic E-state index is 11.6. The summed E-state index contributed by atoms with van der Waals surface area (Å²) in [5.41, 5.74) is 0.887. The lowest BCUT2D eigenvalue weighted by atomic mass is 10.1. The average molecular weight is 253 g/mol. The van der Waals surface area contributed by atoms with Gasteiger partial charge in [-0.05, 0) is 17.7 Å². The second kappa shape index (κ2) is 4.37. The largest absolute Gasteiger partial charge is 0.320 e. The first-order chi connectivity index (χ1) is 8.00. The van der Waals surface area contributed by atoms with E-state index in [2.05, 4.69) is 0 Å². The monoisotopic (exact) mass is 252 g/mol. The maximum Gasteiger partial charge on any atom is 0.243 e. The van der Waals surface area contributed by atoms with E-state index in [1.165, 1.54) is 6.92 Å². The van der Waals surface area contributed by atoms with Crippen molar-refractivity contribution in [2.24, 2.45) is 0 Å². The van der Waals surface area contributed by atoms with E-state index in [0.717, 1.165) is 5.56 Å². The Bertz CT molecular complexity index is 458. The van der Waals surface area contributed by atoms with E-state index in [9.17, 15) is 9.59 Å². The molecule has 1 aromatic carbocycles. The molecular formula is C12H13ClN2O2. The molecule has 1 saturated heterocycles. The first-order valence-corrected chi connectivity index (χ1v) is 5.67. The predicted octanol–water partition coefficient (Wildman–Crippen LogP) is 1.66. The second-order valence-corrected chi connectivity index (χ2v) is 4.51. The molecule has 1 atom stereocenters. The summed E-state index contributed by atoms with van der Waals surface area (Å²) in [7, 11) is 1.70. The summed E-state index contributed by atoms with van der Waals surface area (Å²) in [6.45, 7) is 1.61. The van der Waals surface area contributed by atoms with Gasteiger partial charge in [0.2, 0.25) is 11.8 Å². The standard InChI is InChI=1S/C12H13ClN2O2/c1-8(16)15-7-11(17)14(2)12(15)9-3-5-10(13)6-4-9/h3-6,12H,7H2,1-2H3. The number of carbonyl (C=O) groups excluding carboxylic acids is 2. The van der Waals surface area contributed by atoms with Crippen LogP contribution in [0, 0.1) is 0 Å². The molecule has 2 rings (SSSR count). The predicted molar refractivity (Wildman–Crippen MR) is 64.4 cm³/mol. The molecule has 1 fully saturated rings. The third-order valence-electron chi connectivity index (χ3n) is 2.93. The Morgan fingerprint density at radius 2 is 1.94 bits per heavy atom. The Morgan fingerprint density at radius 3 is 2.47 bits per heavy atom. The van der Waals surface area contributed by atoms with Gasteiger partial charge in [0, 0.05) is 19.0 Å². The van der Waals surface area contributed by atoms with Crippen molar-refractivity contribution in [1.82, 2.24) is 9.80 Å². The number of amides is 2. The van der Waals surface area contributed by atoms with Gasteiger partial charge in [-0.1, -0.05) is 23.7 Å². The molecule has 0 spiro atoms. The van der Waals surface area contributed by atoms with Crippen molar-refractivity contribution in [1.29, 1.82) is 0 Å². The fraction of sp³-hybridized carbons (Fsp3) is 0.333. The van der Waals surface area contributed by atoms with Gasteiger partial charge in [-0.25, -0.2) is 0 Å². The molecule has 1 unspecified atom stereocenters. The second-order valence-electron chi connectivity index (χ2n) is 4.08. The van der Waals surface area contributed by atoms with Crippen molar-refractivity contribution >= 4 is 23.4 Å². The number of nitrogens with zero attached hydrogens (tertiary/aromatic N) is 2. The molecule has 5 heteroatoms. The molecule has 1 aliphatic heterocycles. The van der Waals surface area contributed by atoms with E-state index in [0.29, 0.717) is 5.02 Å². The fourth-order valence-electron chi connectivity index (χ4n) is 2.01. The Hall–Kier alpha value is -1.55. The molecule has 17 heavy (non-hydrogen) atoms. The van der Waals surface area contributed by atoms with E-state index >= 15 is 0 Å². The van der Waals surface area contributed by atoms with Crippen LogP contribution in [-0.2, 0) is 9.59 Å². The van der Waals surface area contributed by atoms with Crippen molar-refractivity contribution in [2.75, 3.05) is 13.6 Å². The summed E-state index contributed by atoms with van der Waals surface area (Å²) >= 11 is 5.82. The molecule has 0 aromatic heterocycles. The van der Waals surface area contributed by atoms with Crippen LogP contribution in [0.2, 0.25) is 5.02 Å². The minimum absolute atomic E-state index is 0.0554. The zero-order valence-electron chi connectivity index (χ0n) is 9.68. The third-order valence-corrected chi connectivity index (χ3v) is 3.19. The number of hydrogen-bond acceptors (Lipinski definition) is 2. The van der Waals surface area contributed by atoms with Crippen molar-refractivity contribution in [3.8, 4) is 0 Å². The quantitative estimate of drug-likeness (QED) is 0.763. The molecule has 90 valence electrons. The molecule has 0 bridgehead atoms. The molecule has 1 aromatic rings. The highest BCUT2D eigenvalue weighted by Gasteiger charge is 2.37. The van der Waals surface area contributed by atoms with Crippen LogP contribution in [0.15, 0.2) is 24.3 Å². The molecule has 0 aliphatic carbocycles. The SMILES string of the molecule is CC(=O)N1CC(=O)N(C)C1c1ccc(Cl)cc1. The van der Waals surface area contributed by atoms with E-state index in [4.69, 9.17) is 11.6 Å². The van der Waals surface area contributed by atoms with Crippen molar-refractivity contribution in [3.63, 3.8) is 0 Å². The fourth-order valence-corrected chi connectivity index (χ4v) is 2.14. The first-order valence-electron chi connectivity index (χ1n) is 5.29. The van der Waals surface area contributed by atoms with Crippen LogP contribution in [0.5, 0.6) is 0 Å². The lowest BCUT2D eigenvalue weighted by Gasteiger charge is -2.27.